The first-order chi connectivity index (χ1) is 20.5. The molecule has 5 aromatic rings. The summed E-state index contributed by atoms with van der Waals surface area (Å²) in [6, 6.07) is 37.1. The predicted octanol–water partition coefficient (Wildman–Crippen LogP) is 5.15. The minimum absolute atomic E-state index is 0. The number of fused-ring (bicyclic) bond motifs is 3. The Bertz CT molecular complexity index is 1560. The summed E-state index contributed by atoms with van der Waals surface area (Å²) in [4.78, 5) is 0. The molecule has 0 saturated carbocycles. The summed E-state index contributed by atoms with van der Waals surface area (Å²) in [5, 5.41) is 5.54. The van der Waals surface area contributed by atoms with Crippen molar-refractivity contribution in [1.82, 2.24) is 0 Å². The van der Waals surface area contributed by atoms with Crippen LogP contribution in [-0.2, 0) is 37.1 Å². The molecular formula is C41H44Cl2Zr-2. The van der Waals surface area contributed by atoms with Crippen molar-refractivity contribution < 1.29 is 49.0 Å². The van der Waals surface area contributed by atoms with Crippen molar-refractivity contribution in [3.8, 4) is 0 Å². The van der Waals surface area contributed by atoms with Gasteiger partial charge in [-0.2, -0.15) is 11.1 Å². The quantitative estimate of drug-likeness (QED) is 0.207. The molecular weight excluding hydrogens is 655 g/mol. The minimum atomic E-state index is 0. The van der Waals surface area contributed by atoms with E-state index in [1.165, 1.54) is 96.1 Å². The van der Waals surface area contributed by atoms with Gasteiger partial charge in [0.2, 0.25) is 0 Å². The number of allylic oxidation sites excluding steroid dienone is 4. The second kappa shape index (κ2) is 19.2. The van der Waals surface area contributed by atoms with Crippen molar-refractivity contribution >= 4 is 24.8 Å². The van der Waals surface area contributed by atoms with Crippen LogP contribution in [-0.4, -0.2) is 3.21 Å². The molecule has 44 heavy (non-hydrogen) atoms. The van der Waals surface area contributed by atoms with E-state index in [0.717, 1.165) is 12.8 Å². The fraction of sp³-hybridized carbons (Fsp3) is 0.268. The zero-order valence-corrected chi connectivity index (χ0v) is 30.7. The van der Waals surface area contributed by atoms with Gasteiger partial charge in [-0.05, 0) is 12.8 Å². The number of benzene rings is 4. The Morgan fingerprint density at radius 3 is 1.50 bits per heavy atom. The Morgan fingerprint density at radius 2 is 1.11 bits per heavy atom. The van der Waals surface area contributed by atoms with E-state index in [-0.39, 0.29) is 24.8 Å². The van der Waals surface area contributed by atoms with Crippen molar-refractivity contribution in [2.24, 2.45) is 5.92 Å². The van der Waals surface area contributed by atoms with E-state index in [1.807, 2.05) is 0 Å². The van der Waals surface area contributed by atoms with Crippen molar-refractivity contribution in [2.45, 2.75) is 66.7 Å². The van der Waals surface area contributed by atoms with Crippen molar-refractivity contribution in [2.75, 3.05) is 0 Å². The van der Waals surface area contributed by atoms with E-state index in [1.54, 1.807) is 5.57 Å². The molecule has 1 aliphatic carbocycles. The molecule has 0 amide bonds. The van der Waals surface area contributed by atoms with Gasteiger partial charge in [0.1, 0.15) is 0 Å². The third kappa shape index (κ3) is 9.53. The van der Waals surface area contributed by atoms with Crippen LogP contribution in [0.3, 0.4) is 0 Å². The molecule has 1 aliphatic rings. The van der Waals surface area contributed by atoms with Gasteiger partial charge >= 0.3 is 99.2 Å². The molecule has 0 radical (unpaired) electrons. The summed E-state index contributed by atoms with van der Waals surface area (Å²) in [6.45, 7) is 11.1. The SMILES string of the molecule is CCC1=C(CC)C(CC)[C-]=C1.CCc1ccc2c(c1)[cH-]c1cc(CC)ccc12.[Cl-].[Cl-].[Zr+2]=[C](c1ccccc1)c1ccccc1. The first-order valence-corrected chi connectivity index (χ1v) is 16.9. The topological polar surface area (TPSA) is 0 Å². The van der Waals surface area contributed by atoms with E-state index >= 15 is 0 Å². The van der Waals surface area contributed by atoms with Crippen LogP contribution in [0.25, 0.3) is 21.5 Å². The van der Waals surface area contributed by atoms with Crippen LogP contribution in [0.4, 0.5) is 0 Å². The Labute approximate surface area is 293 Å². The van der Waals surface area contributed by atoms with Gasteiger partial charge in [0.15, 0.2) is 0 Å². The summed E-state index contributed by atoms with van der Waals surface area (Å²) in [7, 11) is 0. The van der Waals surface area contributed by atoms with Gasteiger partial charge in [0.05, 0.1) is 0 Å². The maximum absolute atomic E-state index is 3.41. The molecule has 0 bridgehead atoms. The second-order valence-corrected chi connectivity index (χ2v) is 12.1. The van der Waals surface area contributed by atoms with E-state index in [2.05, 4.69) is 150 Å². The van der Waals surface area contributed by atoms with Crippen LogP contribution in [0.1, 0.15) is 76.1 Å². The van der Waals surface area contributed by atoms with Crippen molar-refractivity contribution in [3.05, 3.63) is 149 Å². The summed E-state index contributed by atoms with van der Waals surface area (Å²) >= 11 is 1.46. The molecule has 6 rings (SSSR count). The van der Waals surface area contributed by atoms with Crippen LogP contribution >= 0.6 is 0 Å². The Kier molecular flexibility index (Phi) is 16.4. The van der Waals surface area contributed by atoms with Gasteiger partial charge in [-0.3, -0.25) is 6.08 Å². The van der Waals surface area contributed by atoms with E-state index in [0.29, 0.717) is 5.92 Å². The van der Waals surface area contributed by atoms with Crippen LogP contribution in [0, 0.1) is 12.0 Å². The average Bonchev–Trinajstić information content (AvgIpc) is 3.65. The van der Waals surface area contributed by atoms with Gasteiger partial charge in [0.25, 0.3) is 0 Å². The molecule has 0 nitrogen and oxygen atoms in total. The zero-order valence-electron chi connectivity index (χ0n) is 26.8. The number of halogens is 2. The zero-order chi connectivity index (χ0) is 29.9. The average molecular weight is 699 g/mol. The normalized spacial score (nSPS) is 13.4. The first kappa shape index (κ1) is 37.7. The monoisotopic (exact) mass is 696 g/mol. The third-order valence-electron chi connectivity index (χ3n) is 8.24. The van der Waals surface area contributed by atoms with E-state index in [9.17, 15) is 0 Å². The number of hydrogen-bond acceptors (Lipinski definition) is 0. The number of rotatable bonds is 7. The number of aryl methyl sites for hydroxylation is 2. The molecule has 1 atom stereocenters. The molecule has 0 aromatic heterocycles. The third-order valence-corrected chi connectivity index (χ3v) is 9.66. The van der Waals surface area contributed by atoms with Crippen LogP contribution in [0.2, 0.25) is 0 Å². The molecule has 0 spiro atoms. The summed E-state index contributed by atoms with van der Waals surface area (Å²) < 4.78 is 1.42. The van der Waals surface area contributed by atoms with Gasteiger partial charge in [-0.15, -0.1) is 39.7 Å². The van der Waals surface area contributed by atoms with Crippen LogP contribution in [0.15, 0.2) is 120 Å². The first-order valence-electron chi connectivity index (χ1n) is 15.6. The Hall–Kier alpha value is -2.44. The molecule has 3 heteroatoms. The molecule has 0 heterocycles. The predicted molar refractivity (Wildman–Crippen MR) is 181 cm³/mol. The van der Waals surface area contributed by atoms with Crippen molar-refractivity contribution in [1.29, 1.82) is 0 Å². The second-order valence-electron chi connectivity index (χ2n) is 10.8. The molecule has 228 valence electrons. The van der Waals surface area contributed by atoms with Crippen LogP contribution < -0.4 is 24.8 Å². The molecule has 1 unspecified atom stereocenters. The summed E-state index contributed by atoms with van der Waals surface area (Å²) in [6.07, 6.45) is 11.4. The van der Waals surface area contributed by atoms with Gasteiger partial charge in [-0.25, -0.2) is 6.08 Å². The van der Waals surface area contributed by atoms with Crippen LogP contribution in [0.5, 0.6) is 0 Å². The molecule has 0 saturated heterocycles. The van der Waals surface area contributed by atoms with E-state index in [4.69, 9.17) is 0 Å². The molecule has 0 fully saturated rings. The van der Waals surface area contributed by atoms with Gasteiger partial charge in [-0.1, -0.05) is 95.2 Å². The fourth-order valence-electron chi connectivity index (χ4n) is 5.72. The molecule has 0 N–H and O–H groups in total. The van der Waals surface area contributed by atoms with Gasteiger partial charge in [0, 0.05) is 0 Å². The fourth-order valence-corrected chi connectivity index (χ4v) is 6.54. The standard InChI is InChI=1S/C17H17.C13H10.C11H17.2ClH.Zr/c1-3-12-5-7-16-14(9-12)11-15-10-13(4-2)6-8-17(15)16;1-3-7-12(8-4-1)11-13-9-5-2-6-10-13;1-4-9-7-8-10(5-2)11(9)6-3;;;/h5-11H,3-4H2,1-2H3;1-10H;7,10H,4-6H2,1-3H3;2*1H;/q-1;;-1;;;+2/p-2. The summed E-state index contributed by atoms with van der Waals surface area (Å²) in [5.74, 6) is 0.634. The Morgan fingerprint density at radius 1 is 0.636 bits per heavy atom. The molecule has 0 aliphatic heterocycles. The molecule has 5 aromatic carbocycles. The maximum atomic E-state index is 3.41. The van der Waals surface area contributed by atoms with Gasteiger partial charge < -0.3 is 24.8 Å². The Balaban J connectivity index is 0.000000231. The van der Waals surface area contributed by atoms with Crippen molar-refractivity contribution in [3.63, 3.8) is 0 Å². The summed E-state index contributed by atoms with van der Waals surface area (Å²) in [5.41, 5.74) is 8.65. The number of hydrogen-bond donors (Lipinski definition) is 0. The van der Waals surface area contributed by atoms with E-state index < -0.39 is 0 Å².